The summed E-state index contributed by atoms with van der Waals surface area (Å²) in [6.07, 6.45) is 2.27. The molecule has 2 aliphatic heterocycles. The lowest BCUT2D eigenvalue weighted by Crippen LogP contribution is -2.48. The zero-order chi connectivity index (χ0) is 18.0. The predicted octanol–water partition coefficient (Wildman–Crippen LogP) is 0.910. The average Bonchev–Trinajstić information content (AvgIpc) is 2.79. The topological polar surface area (TPSA) is 78.5 Å². The number of carbonyl (C=O) groups is 1. The highest BCUT2D eigenvalue weighted by Crippen LogP contribution is 2.22. The molecule has 2 unspecified atom stereocenters. The molecule has 2 aliphatic rings. The van der Waals surface area contributed by atoms with Crippen LogP contribution >= 0.6 is 0 Å². The fraction of sp³-hybridized carbons (Fsp3) is 0.611. The maximum absolute atomic E-state index is 12.8. The lowest BCUT2D eigenvalue weighted by atomic mass is 9.97. The van der Waals surface area contributed by atoms with E-state index in [9.17, 15) is 13.2 Å². The van der Waals surface area contributed by atoms with E-state index in [2.05, 4.69) is 17.0 Å². The monoisotopic (exact) mass is 365 g/mol. The molecule has 0 aromatic heterocycles. The summed E-state index contributed by atoms with van der Waals surface area (Å²) >= 11 is 0. The summed E-state index contributed by atoms with van der Waals surface area (Å²) in [5.74, 6) is 0.343. The Morgan fingerprint density at radius 3 is 2.64 bits per heavy atom. The number of fused-ring (bicyclic) bond motifs is 1. The van der Waals surface area contributed by atoms with Crippen molar-refractivity contribution in [2.24, 2.45) is 5.92 Å². The van der Waals surface area contributed by atoms with Gasteiger partial charge in [0.05, 0.1) is 4.90 Å². The van der Waals surface area contributed by atoms with Crippen LogP contribution in [0.2, 0.25) is 0 Å². The molecule has 138 valence electrons. The molecule has 0 radical (unpaired) electrons. The van der Waals surface area contributed by atoms with Gasteiger partial charge in [0.1, 0.15) is 0 Å². The molecule has 0 saturated carbocycles. The number of nitrogens with zero attached hydrogens (tertiary/aromatic N) is 1. The summed E-state index contributed by atoms with van der Waals surface area (Å²) in [4.78, 5) is 13.7. The van der Waals surface area contributed by atoms with Crippen molar-refractivity contribution in [1.82, 2.24) is 14.9 Å². The fourth-order valence-corrected chi connectivity index (χ4v) is 5.07. The summed E-state index contributed by atoms with van der Waals surface area (Å²) in [7, 11) is -3.53. The summed E-state index contributed by atoms with van der Waals surface area (Å²) in [5, 5.41) is 3.28. The molecule has 2 N–H and O–H groups in total. The number of hydrogen-bond acceptors (Lipinski definition) is 4. The summed E-state index contributed by atoms with van der Waals surface area (Å²) in [5.41, 5.74) is 2.17. The molecular formula is C18H27N3O3S. The third-order valence-electron chi connectivity index (χ3n) is 5.33. The maximum Gasteiger partial charge on any atom is 0.240 e. The Hall–Kier alpha value is -1.44. The van der Waals surface area contributed by atoms with Gasteiger partial charge in [-0.25, -0.2) is 13.1 Å². The normalized spacial score (nSPS) is 24.5. The Morgan fingerprint density at radius 1 is 1.24 bits per heavy atom. The number of sulfonamides is 1. The van der Waals surface area contributed by atoms with Gasteiger partial charge in [0.2, 0.25) is 15.9 Å². The van der Waals surface area contributed by atoms with Gasteiger partial charge in [-0.05, 0) is 61.5 Å². The van der Waals surface area contributed by atoms with Gasteiger partial charge in [-0.2, -0.15) is 0 Å². The Bertz CT molecular complexity index is 748. The molecule has 0 spiro atoms. The minimum atomic E-state index is -3.53. The number of nitrogens with one attached hydrogen (secondary N) is 2. The summed E-state index contributed by atoms with van der Waals surface area (Å²) in [6.45, 7) is 6.65. The van der Waals surface area contributed by atoms with Crippen LogP contribution in [0.4, 0.5) is 0 Å². The SMILES string of the molecule is CC(=O)N1CCc2ccc(S(=O)(=O)NC3CCNCC3C)cc2CC1. The molecule has 2 atom stereocenters. The van der Waals surface area contributed by atoms with E-state index in [1.807, 2.05) is 11.0 Å². The number of piperidine rings is 1. The van der Waals surface area contributed by atoms with E-state index in [1.165, 1.54) is 0 Å². The highest BCUT2D eigenvalue weighted by Gasteiger charge is 2.27. The van der Waals surface area contributed by atoms with Crippen LogP contribution < -0.4 is 10.0 Å². The van der Waals surface area contributed by atoms with Gasteiger partial charge in [-0.15, -0.1) is 0 Å². The van der Waals surface area contributed by atoms with E-state index in [1.54, 1.807) is 19.1 Å². The molecule has 3 rings (SSSR count). The Labute approximate surface area is 150 Å². The second-order valence-electron chi connectivity index (χ2n) is 7.13. The van der Waals surface area contributed by atoms with Crippen LogP contribution in [0.25, 0.3) is 0 Å². The standard InChI is InChI=1S/C18H27N3O3S/c1-13-12-19-8-5-18(13)20-25(23,24)17-4-3-15-6-9-21(14(2)22)10-7-16(15)11-17/h3-4,11,13,18-20H,5-10,12H2,1-2H3. The Kier molecular flexibility index (Phi) is 5.46. The van der Waals surface area contributed by atoms with Crippen molar-refractivity contribution in [3.63, 3.8) is 0 Å². The second kappa shape index (κ2) is 7.43. The van der Waals surface area contributed by atoms with Crippen LogP contribution in [0.1, 0.15) is 31.4 Å². The van der Waals surface area contributed by atoms with Crippen molar-refractivity contribution in [3.05, 3.63) is 29.3 Å². The first kappa shape index (κ1) is 18.4. The fourth-order valence-electron chi connectivity index (χ4n) is 3.64. The average molecular weight is 365 g/mol. The third kappa shape index (κ3) is 4.22. The Morgan fingerprint density at radius 2 is 1.96 bits per heavy atom. The quantitative estimate of drug-likeness (QED) is 0.835. The van der Waals surface area contributed by atoms with E-state index in [-0.39, 0.29) is 17.9 Å². The van der Waals surface area contributed by atoms with Crippen molar-refractivity contribution in [2.45, 2.75) is 44.0 Å². The third-order valence-corrected chi connectivity index (χ3v) is 6.81. The van der Waals surface area contributed by atoms with Crippen molar-refractivity contribution >= 4 is 15.9 Å². The molecule has 2 heterocycles. The highest BCUT2D eigenvalue weighted by atomic mass is 32.2. The van der Waals surface area contributed by atoms with Crippen molar-refractivity contribution < 1.29 is 13.2 Å². The number of rotatable bonds is 3. The number of carbonyl (C=O) groups excluding carboxylic acids is 1. The molecular weight excluding hydrogens is 338 g/mol. The molecule has 1 aromatic rings. The van der Waals surface area contributed by atoms with Gasteiger partial charge in [-0.3, -0.25) is 4.79 Å². The van der Waals surface area contributed by atoms with Gasteiger partial charge < -0.3 is 10.2 Å². The maximum atomic E-state index is 12.8. The number of amides is 1. The van der Waals surface area contributed by atoms with E-state index in [0.29, 0.717) is 24.4 Å². The van der Waals surface area contributed by atoms with Gasteiger partial charge in [0.25, 0.3) is 0 Å². The highest BCUT2D eigenvalue weighted by molar-refractivity contribution is 7.89. The van der Waals surface area contributed by atoms with Crippen molar-refractivity contribution in [2.75, 3.05) is 26.2 Å². The van der Waals surface area contributed by atoms with Crippen LogP contribution in [0.3, 0.4) is 0 Å². The molecule has 6 nitrogen and oxygen atoms in total. The van der Waals surface area contributed by atoms with Crippen LogP contribution in [0, 0.1) is 5.92 Å². The molecule has 1 saturated heterocycles. The molecule has 1 aromatic carbocycles. The molecule has 25 heavy (non-hydrogen) atoms. The van der Waals surface area contributed by atoms with Crippen LogP contribution in [0.5, 0.6) is 0 Å². The first-order valence-corrected chi connectivity index (χ1v) is 10.5. The van der Waals surface area contributed by atoms with Gasteiger partial charge in [-0.1, -0.05) is 13.0 Å². The first-order valence-electron chi connectivity index (χ1n) is 8.97. The number of benzene rings is 1. The minimum absolute atomic E-state index is 0.0294. The zero-order valence-corrected chi connectivity index (χ0v) is 15.7. The Balaban J connectivity index is 1.78. The van der Waals surface area contributed by atoms with E-state index < -0.39 is 10.0 Å². The van der Waals surface area contributed by atoms with Gasteiger partial charge >= 0.3 is 0 Å². The molecule has 1 amide bonds. The van der Waals surface area contributed by atoms with Crippen LogP contribution in [0.15, 0.2) is 23.1 Å². The van der Waals surface area contributed by atoms with E-state index in [0.717, 1.165) is 37.1 Å². The molecule has 1 fully saturated rings. The first-order chi connectivity index (χ1) is 11.9. The molecule has 0 aliphatic carbocycles. The van der Waals surface area contributed by atoms with Crippen molar-refractivity contribution in [3.8, 4) is 0 Å². The zero-order valence-electron chi connectivity index (χ0n) is 14.9. The summed E-state index contributed by atoms with van der Waals surface area (Å²) in [6, 6.07) is 5.35. The largest absolute Gasteiger partial charge is 0.342 e. The van der Waals surface area contributed by atoms with Crippen molar-refractivity contribution in [1.29, 1.82) is 0 Å². The second-order valence-corrected chi connectivity index (χ2v) is 8.85. The lowest BCUT2D eigenvalue weighted by Gasteiger charge is -2.30. The van der Waals surface area contributed by atoms with Crippen LogP contribution in [-0.4, -0.2) is 51.4 Å². The lowest BCUT2D eigenvalue weighted by molar-refractivity contribution is -0.128. The molecule has 7 heteroatoms. The summed E-state index contributed by atoms with van der Waals surface area (Å²) < 4.78 is 28.5. The van der Waals surface area contributed by atoms with Gasteiger partial charge in [0, 0.05) is 26.1 Å². The van der Waals surface area contributed by atoms with E-state index >= 15 is 0 Å². The van der Waals surface area contributed by atoms with Gasteiger partial charge in [0.15, 0.2) is 0 Å². The molecule has 0 bridgehead atoms. The minimum Gasteiger partial charge on any atom is -0.342 e. The van der Waals surface area contributed by atoms with E-state index in [4.69, 9.17) is 0 Å². The number of hydrogen-bond donors (Lipinski definition) is 2. The predicted molar refractivity (Wildman–Crippen MR) is 96.9 cm³/mol. The van der Waals surface area contributed by atoms with Crippen LogP contribution in [-0.2, 0) is 27.7 Å². The smallest absolute Gasteiger partial charge is 0.240 e.